The number of rotatable bonds is 2. The van der Waals surface area contributed by atoms with Crippen molar-refractivity contribution in [3.8, 4) is 5.88 Å². The summed E-state index contributed by atoms with van der Waals surface area (Å²) in [7, 11) is 0. The smallest absolute Gasteiger partial charge is 0.262 e. The van der Waals surface area contributed by atoms with Gasteiger partial charge < -0.3 is 14.6 Å². The molecule has 2 heterocycles. The molecule has 1 aromatic heterocycles. The number of nitrogens with zero attached hydrogens (tertiary/aromatic N) is 1. The van der Waals surface area contributed by atoms with E-state index in [0.717, 1.165) is 42.5 Å². The van der Waals surface area contributed by atoms with Crippen molar-refractivity contribution in [2.24, 2.45) is 0 Å². The lowest BCUT2D eigenvalue weighted by Gasteiger charge is -2.22. The van der Waals surface area contributed by atoms with Crippen molar-refractivity contribution in [1.82, 2.24) is 10.5 Å². The Kier molecular flexibility index (Phi) is 2.73. The predicted octanol–water partition coefficient (Wildman–Crippen LogP) is 2.27. The van der Waals surface area contributed by atoms with Crippen LogP contribution in [0.4, 0.5) is 0 Å². The zero-order valence-corrected chi connectivity index (χ0v) is 9.90. The first-order valence-corrected chi connectivity index (χ1v) is 6.07. The van der Waals surface area contributed by atoms with Crippen LogP contribution in [0.15, 0.2) is 22.7 Å². The molecule has 2 aromatic rings. The van der Waals surface area contributed by atoms with Gasteiger partial charge in [0.1, 0.15) is 6.10 Å². The molecule has 1 saturated heterocycles. The SMILES string of the molecule is Cc1cccc2c(OC3CCNCC3)noc12. The van der Waals surface area contributed by atoms with Crippen molar-refractivity contribution in [3.05, 3.63) is 23.8 Å². The second-order valence-corrected chi connectivity index (χ2v) is 4.51. The fraction of sp³-hybridized carbons (Fsp3) is 0.462. The summed E-state index contributed by atoms with van der Waals surface area (Å²) in [4.78, 5) is 0. The Hall–Kier alpha value is -1.55. The summed E-state index contributed by atoms with van der Waals surface area (Å²) in [6.07, 6.45) is 2.31. The summed E-state index contributed by atoms with van der Waals surface area (Å²) in [6, 6.07) is 6.02. The zero-order chi connectivity index (χ0) is 11.7. The highest BCUT2D eigenvalue weighted by molar-refractivity contribution is 5.84. The van der Waals surface area contributed by atoms with Crippen LogP contribution in [0.1, 0.15) is 18.4 Å². The van der Waals surface area contributed by atoms with Gasteiger partial charge in [0.15, 0.2) is 5.58 Å². The van der Waals surface area contributed by atoms with Gasteiger partial charge in [0.2, 0.25) is 0 Å². The van der Waals surface area contributed by atoms with Crippen LogP contribution in [0.5, 0.6) is 5.88 Å². The molecule has 1 aliphatic heterocycles. The highest BCUT2D eigenvalue weighted by Gasteiger charge is 2.18. The van der Waals surface area contributed by atoms with E-state index in [1.165, 1.54) is 0 Å². The van der Waals surface area contributed by atoms with Crippen molar-refractivity contribution in [3.63, 3.8) is 0 Å². The standard InChI is InChI=1S/C13H16N2O2/c1-9-3-2-4-11-12(9)17-15-13(11)16-10-5-7-14-8-6-10/h2-4,10,14H,5-8H2,1H3. The van der Waals surface area contributed by atoms with Crippen LogP contribution in [0.2, 0.25) is 0 Å². The summed E-state index contributed by atoms with van der Waals surface area (Å²) in [5, 5.41) is 8.32. The molecule has 0 amide bonds. The third kappa shape index (κ3) is 2.00. The van der Waals surface area contributed by atoms with Gasteiger partial charge in [0, 0.05) is 0 Å². The molecule has 1 aromatic carbocycles. The van der Waals surface area contributed by atoms with Crippen molar-refractivity contribution >= 4 is 11.0 Å². The van der Waals surface area contributed by atoms with Crippen molar-refractivity contribution in [2.75, 3.05) is 13.1 Å². The first-order chi connectivity index (χ1) is 8.34. The molecule has 17 heavy (non-hydrogen) atoms. The summed E-state index contributed by atoms with van der Waals surface area (Å²) in [5.74, 6) is 0.635. The number of ether oxygens (including phenoxy) is 1. The van der Waals surface area contributed by atoms with Crippen LogP contribution in [-0.4, -0.2) is 24.4 Å². The Bertz CT molecular complexity index is 515. The molecule has 4 heteroatoms. The largest absolute Gasteiger partial charge is 0.472 e. The first-order valence-electron chi connectivity index (χ1n) is 6.07. The Morgan fingerprint density at radius 1 is 1.35 bits per heavy atom. The van der Waals surface area contributed by atoms with Crippen molar-refractivity contribution in [1.29, 1.82) is 0 Å². The lowest BCUT2D eigenvalue weighted by Crippen LogP contribution is -2.34. The Morgan fingerprint density at radius 2 is 2.18 bits per heavy atom. The Labute approximate surface area is 99.9 Å². The molecule has 1 aliphatic rings. The van der Waals surface area contributed by atoms with Crippen LogP contribution in [0, 0.1) is 6.92 Å². The lowest BCUT2D eigenvalue weighted by molar-refractivity contribution is 0.151. The van der Waals surface area contributed by atoms with Gasteiger partial charge in [-0.3, -0.25) is 0 Å². The topological polar surface area (TPSA) is 47.3 Å². The lowest BCUT2D eigenvalue weighted by atomic mass is 10.1. The summed E-state index contributed by atoms with van der Waals surface area (Å²) in [6.45, 7) is 4.04. The van der Waals surface area contributed by atoms with Gasteiger partial charge in [-0.05, 0) is 49.6 Å². The molecule has 90 valence electrons. The molecule has 0 aliphatic carbocycles. The minimum atomic E-state index is 0.255. The number of aryl methyl sites for hydroxylation is 1. The number of hydrogen-bond donors (Lipinski definition) is 1. The van der Waals surface area contributed by atoms with Crippen LogP contribution in [-0.2, 0) is 0 Å². The normalized spacial score (nSPS) is 17.5. The van der Waals surface area contributed by atoms with Crippen LogP contribution < -0.4 is 10.1 Å². The molecule has 0 atom stereocenters. The maximum Gasteiger partial charge on any atom is 0.262 e. The quantitative estimate of drug-likeness (QED) is 0.862. The predicted molar refractivity (Wildman–Crippen MR) is 65.3 cm³/mol. The summed E-state index contributed by atoms with van der Waals surface area (Å²) >= 11 is 0. The number of hydrogen-bond acceptors (Lipinski definition) is 4. The van der Waals surface area contributed by atoms with E-state index < -0.39 is 0 Å². The fourth-order valence-corrected chi connectivity index (χ4v) is 2.23. The average Bonchev–Trinajstić information content (AvgIpc) is 2.76. The van der Waals surface area contributed by atoms with Crippen molar-refractivity contribution in [2.45, 2.75) is 25.9 Å². The Morgan fingerprint density at radius 3 is 3.00 bits per heavy atom. The molecular formula is C13H16N2O2. The van der Waals surface area contributed by atoms with Crippen LogP contribution in [0.3, 0.4) is 0 Å². The molecular weight excluding hydrogens is 216 g/mol. The molecule has 0 spiro atoms. The first kappa shape index (κ1) is 10.6. The molecule has 1 N–H and O–H groups in total. The number of para-hydroxylation sites is 1. The second kappa shape index (κ2) is 4.37. The number of piperidine rings is 1. The third-order valence-corrected chi connectivity index (χ3v) is 3.23. The molecule has 0 radical (unpaired) electrons. The molecule has 4 nitrogen and oxygen atoms in total. The Balaban J connectivity index is 1.87. The van der Waals surface area contributed by atoms with Crippen LogP contribution >= 0.6 is 0 Å². The molecule has 0 bridgehead atoms. The number of benzene rings is 1. The number of nitrogens with one attached hydrogen (secondary N) is 1. The van der Waals surface area contributed by atoms with E-state index in [0.29, 0.717) is 5.88 Å². The van der Waals surface area contributed by atoms with E-state index >= 15 is 0 Å². The third-order valence-electron chi connectivity index (χ3n) is 3.23. The molecule has 3 rings (SSSR count). The minimum Gasteiger partial charge on any atom is -0.472 e. The van der Waals surface area contributed by atoms with E-state index in [9.17, 15) is 0 Å². The van der Waals surface area contributed by atoms with Gasteiger partial charge in [-0.1, -0.05) is 12.1 Å². The maximum atomic E-state index is 5.92. The van der Waals surface area contributed by atoms with E-state index in [4.69, 9.17) is 9.26 Å². The van der Waals surface area contributed by atoms with Gasteiger partial charge in [0.05, 0.1) is 5.39 Å². The zero-order valence-electron chi connectivity index (χ0n) is 9.90. The van der Waals surface area contributed by atoms with Gasteiger partial charge in [-0.25, -0.2) is 0 Å². The number of fused-ring (bicyclic) bond motifs is 1. The van der Waals surface area contributed by atoms with E-state index in [1.807, 2.05) is 25.1 Å². The summed E-state index contributed by atoms with van der Waals surface area (Å²) in [5.41, 5.74) is 1.92. The van der Waals surface area contributed by atoms with E-state index in [1.54, 1.807) is 0 Å². The van der Waals surface area contributed by atoms with E-state index in [-0.39, 0.29) is 6.10 Å². The summed E-state index contributed by atoms with van der Waals surface area (Å²) < 4.78 is 11.2. The van der Waals surface area contributed by atoms with E-state index in [2.05, 4.69) is 10.5 Å². The van der Waals surface area contributed by atoms with Gasteiger partial charge in [0.25, 0.3) is 5.88 Å². The van der Waals surface area contributed by atoms with Gasteiger partial charge in [-0.2, -0.15) is 0 Å². The van der Waals surface area contributed by atoms with Crippen LogP contribution in [0.25, 0.3) is 11.0 Å². The van der Waals surface area contributed by atoms with Gasteiger partial charge >= 0.3 is 0 Å². The molecule has 0 saturated carbocycles. The minimum absolute atomic E-state index is 0.255. The second-order valence-electron chi connectivity index (χ2n) is 4.51. The highest BCUT2D eigenvalue weighted by atomic mass is 16.5. The monoisotopic (exact) mass is 232 g/mol. The molecule has 1 fully saturated rings. The van der Waals surface area contributed by atoms with Gasteiger partial charge in [-0.15, -0.1) is 0 Å². The maximum absolute atomic E-state index is 5.92. The number of aromatic nitrogens is 1. The fourth-order valence-electron chi connectivity index (χ4n) is 2.23. The van der Waals surface area contributed by atoms with Crippen molar-refractivity contribution < 1.29 is 9.26 Å². The molecule has 0 unspecified atom stereocenters. The highest BCUT2D eigenvalue weighted by Crippen LogP contribution is 2.28. The average molecular weight is 232 g/mol.